The summed E-state index contributed by atoms with van der Waals surface area (Å²) in [7, 11) is 0. The molecule has 0 saturated heterocycles. The van der Waals surface area contributed by atoms with Crippen molar-refractivity contribution in [2.45, 2.75) is 13.8 Å². The predicted octanol–water partition coefficient (Wildman–Crippen LogP) is 2.28. The van der Waals surface area contributed by atoms with Crippen molar-refractivity contribution < 1.29 is 14.4 Å². The molecule has 0 saturated carbocycles. The van der Waals surface area contributed by atoms with Gasteiger partial charge in [-0.05, 0) is 24.3 Å². The van der Waals surface area contributed by atoms with Crippen LogP contribution in [0.3, 0.4) is 0 Å². The second kappa shape index (κ2) is 4.93. The summed E-state index contributed by atoms with van der Waals surface area (Å²) in [6, 6.07) is 6.87. The van der Waals surface area contributed by atoms with Crippen molar-refractivity contribution in [3.63, 3.8) is 0 Å². The molecule has 1 amide bonds. The number of carbonyl (C=O) groups excluding carboxylic acids is 2. The molecule has 0 aliphatic rings. The summed E-state index contributed by atoms with van der Waals surface area (Å²) in [6.45, 7) is 2.57. The molecule has 0 fully saturated rings. The Labute approximate surface area is 95.9 Å². The van der Waals surface area contributed by atoms with Crippen LogP contribution in [0.4, 0.5) is 5.69 Å². The zero-order chi connectivity index (χ0) is 11.4. The number of nitrogens with zero attached hydrogens (tertiary/aromatic N) is 1. The van der Waals surface area contributed by atoms with Crippen molar-refractivity contribution in [2.75, 3.05) is 5.06 Å². The first-order valence-corrected chi connectivity index (χ1v) is 5.05. The van der Waals surface area contributed by atoms with E-state index in [1.54, 1.807) is 24.3 Å². The van der Waals surface area contributed by atoms with Gasteiger partial charge in [0.05, 0.1) is 5.69 Å². The summed E-state index contributed by atoms with van der Waals surface area (Å²) < 4.78 is 0.887. The fraction of sp³-hybridized carbons (Fsp3) is 0.200. The van der Waals surface area contributed by atoms with Crippen LogP contribution in [-0.2, 0) is 14.4 Å². The molecule has 1 rings (SSSR count). The lowest BCUT2D eigenvalue weighted by Crippen LogP contribution is -2.30. The maximum atomic E-state index is 11.2. The SMILES string of the molecule is CC(=O)ON(C(C)=O)c1ccc(Br)cc1. The standard InChI is InChI=1S/C10H10BrNO3/c1-7(13)12(15-8(2)14)10-5-3-9(11)4-6-10/h3-6H,1-2H3. The van der Waals surface area contributed by atoms with Gasteiger partial charge in [-0.3, -0.25) is 4.79 Å². The molecule has 0 spiro atoms. The molecule has 5 heteroatoms. The van der Waals surface area contributed by atoms with Crippen molar-refractivity contribution in [3.8, 4) is 0 Å². The van der Waals surface area contributed by atoms with E-state index in [-0.39, 0.29) is 5.91 Å². The summed E-state index contributed by atoms with van der Waals surface area (Å²) >= 11 is 3.27. The van der Waals surface area contributed by atoms with E-state index in [9.17, 15) is 9.59 Å². The van der Waals surface area contributed by atoms with E-state index >= 15 is 0 Å². The highest BCUT2D eigenvalue weighted by molar-refractivity contribution is 9.10. The Morgan fingerprint density at radius 2 is 1.73 bits per heavy atom. The fourth-order valence-electron chi connectivity index (χ4n) is 1.00. The molecule has 0 aliphatic carbocycles. The molecule has 0 bridgehead atoms. The van der Waals surface area contributed by atoms with Crippen LogP contribution < -0.4 is 5.06 Å². The van der Waals surface area contributed by atoms with Crippen molar-refractivity contribution in [1.82, 2.24) is 0 Å². The third-order valence-electron chi connectivity index (χ3n) is 1.57. The minimum atomic E-state index is -0.534. The maximum Gasteiger partial charge on any atom is 0.330 e. The number of hydrogen-bond donors (Lipinski definition) is 0. The van der Waals surface area contributed by atoms with Crippen LogP contribution in [0, 0.1) is 0 Å². The average Bonchev–Trinajstić information content (AvgIpc) is 2.15. The van der Waals surface area contributed by atoms with E-state index in [0.717, 1.165) is 9.54 Å². The topological polar surface area (TPSA) is 46.6 Å². The second-order valence-corrected chi connectivity index (χ2v) is 3.79. The Morgan fingerprint density at radius 3 is 2.13 bits per heavy atom. The molecular weight excluding hydrogens is 262 g/mol. The van der Waals surface area contributed by atoms with E-state index in [4.69, 9.17) is 4.84 Å². The van der Waals surface area contributed by atoms with Gasteiger partial charge in [0, 0.05) is 18.3 Å². The Morgan fingerprint density at radius 1 is 1.20 bits per heavy atom. The Hall–Kier alpha value is -1.36. The van der Waals surface area contributed by atoms with Gasteiger partial charge in [-0.15, -0.1) is 5.06 Å². The van der Waals surface area contributed by atoms with Crippen LogP contribution in [0.15, 0.2) is 28.7 Å². The summed E-state index contributed by atoms with van der Waals surface area (Å²) in [5.41, 5.74) is 0.515. The Kier molecular flexibility index (Phi) is 3.85. The molecule has 15 heavy (non-hydrogen) atoms. The number of amides is 1. The van der Waals surface area contributed by atoms with Crippen molar-refractivity contribution in [1.29, 1.82) is 0 Å². The number of hydroxylamine groups is 1. The number of anilines is 1. The van der Waals surface area contributed by atoms with Gasteiger partial charge in [-0.1, -0.05) is 15.9 Å². The van der Waals surface area contributed by atoms with Gasteiger partial charge in [0.2, 0.25) is 0 Å². The average molecular weight is 272 g/mol. The van der Waals surface area contributed by atoms with Crippen LogP contribution in [0.5, 0.6) is 0 Å². The minimum Gasteiger partial charge on any atom is -0.334 e. The summed E-state index contributed by atoms with van der Waals surface area (Å²) in [4.78, 5) is 26.7. The summed E-state index contributed by atoms with van der Waals surface area (Å²) in [5.74, 6) is -0.888. The second-order valence-electron chi connectivity index (χ2n) is 2.87. The van der Waals surface area contributed by atoms with E-state index in [0.29, 0.717) is 5.69 Å². The highest BCUT2D eigenvalue weighted by Gasteiger charge is 2.14. The van der Waals surface area contributed by atoms with Gasteiger partial charge >= 0.3 is 5.97 Å². The molecule has 1 aromatic rings. The molecule has 0 radical (unpaired) electrons. The first kappa shape index (κ1) is 11.7. The van der Waals surface area contributed by atoms with Crippen LogP contribution in [0.25, 0.3) is 0 Å². The van der Waals surface area contributed by atoms with Gasteiger partial charge in [-0.2, -0.15) is 0 Å². The molecule has 0 aromatic heterocycles. The lowest BCUT2D eigenvalue weighted by Gasteiger charge is -2.18. The van der Waals surface area contributed by atoms with Crippen LogP contribution in [0.1, 0.15) is 13.8 Å². The number of halogens is 1. The van der Waals surface area contributed by atoms with Gasteiger partial charge in [-0.25, -0.2) is 4.79 Å². The Balaban J connectivity index is 2.94. The number of hydrogen-bond acceptors (Lipinski definition) is 3. The van der Waals surface area contributed by atoms with Crippen molar-refractivity contribution in [3.05, 3.63) is 28.7 Å². The molecule has 0 aliphatic heterocycles. The molecule has 1 aromatic carbocycles. The fourth-order valence-corrected chi connectivity index (χ4v) is 1.27. The third-order valence-corrected chi connectivity index (χ3v) is 2.10. The zero-order valence-corrected chi connectivity index (χ0v) is 9.95. The number of carbonyl (C=O) groups is 2. The van der Waals surface area contributed by atoms with Gasteiger partial charge in [0.25, 0.3) is 5.91 Å². The smallest absolute Gasteiger partial charge is 0.330 e. The van der Waals surface area contributed by atoms with Crippen LogP contribution >= 0.6 is 15.9 Å². The summed E-state index contributed by atoms with van der Waals surface area (Å²) in [5, 5.41) is 0.953. The summed E-state index contributed by atoms with van der Waals surface area (Å²) in [6.07, 6.45) is 0. The highest BCUT2D eigenvalue weighted by Crippen LogP contribution is 2.18. The normalized spacial score (nSPS) is 9.53. The van der Waals surface area contributed by atoms with Crippen LogP contribution in [0.2, 0.25) is 0 Å². The first-order chi connectivity index (χ1) is 7.00. The zero-order valence-electron chi connectivity index (χ0n) is 8.36. The largest absolute Gasteiger partial charge is 0.334 e. The van der Waals surface area contributed by atoms with Gasteiger partial charge in [0.1, 0.15) is 0 Å². The number of rotatable bonds is 1. The lowest BCUT2D eigenvalue weighted by molar-refractivity contribution is -0.147. The molecule has 0 heterocycles. The Bertz CT molecular complexity index is 375. The molecule has 4 nitrogen and oxygen atoms in total. The maximum absolute atomic E-state index is 11.2. The number of benzene rings is 1. The lowest BCUT2D eigenvalue weighted by atomic mass is 10.3. The van der Waals surface area contributed by atoms with Gasteiger partial charge in [0.15, 0.2) is 0 Å². The van der Waals surface area contributed by atoms with Crippen molar-refractivity contribution >= 4 is 33.5 Å². The van der Waals surface area contributed by atoms with E-state index in [2.05, 4.69) is 15.9 Å². The molecule has 80 valence electrons. The van der Waals surface area contributed by atoms with Gasteiger partial charge < -0.3 is 4.84 Å². The monoisotopic (exact) mass is 271 g/mol. The first-order valence-electron chi connectivity index (χ1n) is 4.25. The van der Waals surface area contributed by atoms with Crippen LogP contribution in [-0.4, -0.2) is 11.9 Å². The van der Waals surface area contributed by atoms with E-state index < -0.39 is 5.97 Å². The van der Waals surface area contributed by atoms with E-state index in [1.807, 2.05) is 0 Å². The minimum absolute atomic E-state index is 0.354. The molecule has 0 unspecified atom stereocenters. The highest BCUT2D eigenvalue weighted by atomic mass is 79.9. The quantitative estimate of drug-likeness (QED) is 0.737. The van der Waals surface area contributed by atoms with E-state index in [1.165, 1.54) is 13.8 Å². The molecular formula is C10H10BrNO3. The van der Waals surface area contributed by atoms with Crippen molar-refractivity contribution in [2.24, 2.45) is 0 Å². The third kappa shape index (κ3) is 3.36. The molecule has 0 N–H and O–H groups in total. The predicted molar refractivity (Wildman–Crippen MR) is 59.1 cm³/mol. The molecule has 0 atom stereocenters.